The first kappa shape index (κ1) is 13.0. The average Bonchev–Trinajstić information content (AvgIpc) is 3.23. The first-order chi connectivity index (χ1) is 9.55. The van der Waals surface area contributed by atoms with Crippen LogP contribution in [-0.2, 0) is 5.60 Å². The summed E-state index contributed by atoms with van der Waals surface area (Å²) in [6.45, 7) is 1.75. The van der Waals surface area contributed by atoms with Gasteiger partial charge in [0.25, 0.3) is 0 Å². The van der Waals surface area contributed by atoms with Crippen molar-refractivity contribution in [2.24, 2.45) is 0 Å². The second kappa shape index (κ2) is 4.84. The molecule has 2 aromatic carbocycles. The molecule has 2 aromatic rings. The molecule has 20 heavy (non-hydrogen) atoms. The van der Waals surface area contributed by atoms with Crippen molar-refractivity contribution in [1.29, 1.82) is 0 Å². The minimum absolute atomic E-state index is 0.190. The zero-order valence-corrected chi connectivity index (χ0v) is 11.4. The smallest absolute Gasteiger partial charge is 0.120 e. The van der Waals surface area contributed by atoms with Crippen molar-refractivity contribution in [2.45, 2.75) is 31.5 Å². The third-order valence-corrected chi connectivity index (χ3v) is 3.65. The maximum Gasteiger partial charge on any atom is 0.120 e. The Morgan fingerprint density at radius 3 is 2.40 bits per heavy atom. The topological polar surface area (TPSA) is 49.7 Å². The summed E-state index contributed by atoms with van der Waals surface area (Å²) < 4.78 is 5.76. The number of ether oxygens (including phenoxy) is 1. The zero-order valence-electron chi connectivity index (χ0n) is 11.4. The minimum atomic E-state index is -1.11. The van der Waals surface area contributed by atoms with Gasteiger partial charge in [-0.25, -0.2) is 0 Å². The highest BCUT2D eigenvalue weighted by molar-refractivity contribution is 5.40. The summed E-state index contributed by atoms with van der Waals surface area (Å²) in [4.78, 5) is 0. The summed E-state index contributed by atoms with van der Waals surface area (Å²) in [5.41, 5.74) is 0.400. The average molecular weight is 270 g/mol. The lowest BCUT2D eigenvalue weighted by Crippen LogP contribution is -2.22. The molecule has 1 aliphatic rings. The highest BCUT2D eigenvalue weighted by Crippen LogP contribution is 2.33. The molecular weight excluding hydrogens is 252 g/mol. The molecule has 1 unspecified atom stereocenters. The van der Waals surface area contributed by atoms with E-state index in [1.54, 1.807) is 31.2 Å². The van der Waals surface area contributed by atoms with Gasteiger partial charge in [0.05, 0.1) is 6.10 Å². The van der Waals surface area contributed by atoms with Crippen LogP contribution in [-0.4, -0.2) is 16.3 Å². The van der Waals surface area contributed by atoms with Crippen molar-refractivity contribution in [3.05, 3.63) is 59.7 Å². The quantitative estimate of drug-likeness (QED) is 0.897. The van der Waals surface area contributed by atoms with Crippen molar-refractivity contribution in [1.82, 2.24) is 0 Å². The molecule has 104 valence electrons. The number of phenolic OH excluding ortho intramolecular Hbond substituents is 1. The molecule has 0 spiro atoms. The Morgan fingerprint density at radius 1 is 1.05 bits per heavy atom. The summed E-state index contributed by atoms with van der Waals surface area (Å²) in [5.74, 6) is 0.986. The highest BCUT2D eigenvalue weighted by Gasteiger charge is 2.27. The molecule has 1 saturated carbocycles. The Bertz CT molecular complexity index is 598. The van der Waals surface area contributed by atoms with Gasteiger partial charge in [0, 0.05) is 0 Å². The van der Waals surface area contributed by atoms with Gasteiger partial charge in [-0.15, -0.1) is 0 Å². The van der Waals surface area contributed by atoms with E-state index in [0.717, 1.165) is 29.7 Å². The fourth-order valence-electron chi connectivity index (χ4n) is 2.20. The molecule has 1 fully saturated rings. The van der Waals surface area contributed by atoms with Gasteiger partial charge >= 0.3 is 0 Å². The fourth-order valence-corrected chi connectivity index (χ4v) is 2.20. The normalized spacial score (nSPS) is 17.5. The summed E-state index contributed by atoms with van der Waals surface area (Å²) in [6.07, 6.45) is 2.56. The van der Waals surface area contributed by atoms with Crippen LogP contribution in [0, 0.1) is 0 Å². The lowest BCUT2D eigenvalue weighted by Gasteiger charge is -2.25. The van der Waals surface area contributed by atoms with Gasteiger partial charge in [0.1, 0.15) is 17.1 Å². The zero-order chi connectivity index (χ0) is 14.2. The van der Waals surface area contributed by atoms with Crippen LogP contribution in [0.25, 0.3) is 0 Å². The molecule has 0 heterocycles. The summed E-state index contributed by atoms with van der Waals surface area (Å²) in [5, 5.41) is 20.1. The molecule has 0 bridgehead atoms. The van der Waals surface area contributed by atoms with Gasteiger partial charge in [-0.3, -0.25) is 0 Å². The van der Waals surface area contributed by atoms with Crippen LogP contribution in [0.5, 0.6) is 11.5 Å². The lowest BCUT2D eigenvalue weighted by molar-refractivity contribution is 0.102. The molecule has 3 rings (SSSR count). The first-order valence-electron chi connectivity index (χ1n) is 6.85. The molecule has 0 radical (unpaired) electrons. The van der Waals surface area contributed by atoms with Crippen LogP contribution in [0.3, 0.4) is 0 Å². The molecular formula is C17H18O3. The number of aliphatic hydroxyl groups is 1. The van der Waals surface area contributed by atoms with E-state index in [0.29, 0.717) is 6.10 Å². The maximum absolute atomic E-state index is 10.8. The molecule has 0 amide bonds. The van der Waals surface area contributed by atoms with Crippen molar-refractivity contribution in [2.75, 3.05) is 0 Å². The van der Waals surface area contributed by atoms with E-state index in [-0.39, 0.29) is 5.75 Å². The monoisotopic (exact) mass is 270 g/mol. The molecule has 3 heteroatoms. The Hall–Kier alpha value is -2.00. The molecule has 3 nitrogen and oxygen atoms in total. The van der Waals surface area contributed by atoms with Gasteiger partial charge in [0.15, 0.2) is 0 Å². The predicted octanol–water partition coefficient (Wildman–Crippen LogP) is 3.19. The van der Waals surface area contributed by atoms with E-state index in [1.165, 1.54) is 0 Å². The lowest BCUT2D eigenvalue weighted by atomic mass is 9.88. The molecule has 0 aliphatic heterocycles. The Labute approximate surface area is 118 Å². The van der Waals surface area contributed by atoms with Gasteiger partial charge in [-0.2, -0.15) is 0 Å². The first-order valence-corrected chi connectivity index (χ1v) is 6.85. The molecule has 1 atom stereocenters. The Kier molecular flexibility index (Phi) is 3.14. The second-order valence-corrected chi connectivity index (χ2v) is 5.46. The maximum atomic E-state index is 10.8. The standard InChI is InChI=1S/C17H18O3/c1-17(19,12-5-7-14(18)8-6-12)13-3-2-4-16(11-13)20-15-9-10-15/h2-8,11,15,18-19H,9-10H2,1H3. The van der Waals surface area contributed by atoms with Crippen LogP contribution >= 0.6 is 0 Å². The number of hydrogen-bond acceptors (Lipinski definition) is 3. The van der Waals surface area contributed by atoms with Crippen molar-refractivity contribution in [3.63, 3.8) is 0 Å². The van der Waals surface area contributed by atoms with Crippen LogP contribution in [0.15, 0.2) is 48.5 Å². The molecule has 0 saturated heterocycles. The second-order valence-electron chi connectivity index (χ2n) is 5.46. The van der Waals surface area contributed by atoms with E-state index >= 15 is 0 Å². The van der Waals surface area contributed by atoms with E-state index in [4.69, 9.17) is 4.74 Å². The van der Waals surface area contributed by atoms with Gasteiger partial charge < -0.3 is 14.9 Å². The van der Waals surface area contributed by atoms with Gasteiger partial charge in [-0.05, 0) is 55.2 Å². The summed E-state index contributed by atoms with van der Waals surface area (Å²) in [6, 6.07) is 14.2. The number of benzene rings is 2. The fraction of sp³-hybridized carbons (Fsp3) is 0.294. The van der Waals surface area contributed by atoms with E-state index < -0.39 is 5.60 Å². The van der Waals surface area contributed by atoms with E-state index in [1.807, 2.05) is 24.3 Å². The van der Waals surface area contributed by atoms with Gasteiger partial charge in [-0.1, -0.05) is 24.3 Å². The van der Waals surface area contributed by atoms with Crippen molar-refractivity contribution < 1.29 is 14.9 Å². The Morgan fingerprint density at radius 2 is 1.75 bits per heavy atom. The van der Waals surface area contributed by atoms with Crippen LogP contribution in [0.1, 0.15) is 30.9 Å². The Balaban J connectivity index is 1.90. The van der Waals surface area contributed by atoms with Crippen molar-refractivity contribution in [3.8, 4) is 11.5 Å². The summed E-state index contributed by atoms with van der Waals surface area (Å²) >= 11 is 0. The van der Waals surface area contributed by atoms with Gasteiger partial charge in [0.2, 0.25) is 0 Å². The van der Waals surface area contributed by atoms with Crippen LogP contribution < -0.4 is 4.74 Å². The predicted molar refractivity (Wildman–Crippen MR) is 76.9 cm³/mol. The summed E-state index contributed by atoms with van der Waals surface area (Å²) in [7, 11) is 0. The number of phenols is 1. The number of aromatic hydroxyl groups is 1. The minimum Gasteiger partial charge on any atom is -0.508 e. The van der Waals surface area contributed by atoms with Crippen LogP contribution in [0.2, 0.25) is 0 Å². The third kappa shape index (κ3) is 2.63. The molecule has 2 N–H and O–H groups in total. The van der Waals surface area contributed by atoms with E-state index in [9.17, 15) is 10.2 Å². The molecule has 0 aromatic heterocycles. The number of rotatable bonds is 4. The number of hydrogen-bond donors (Lipinski definition) is 2. The molecule has 1 aliphatic carbocycles. The highest BCUT2D eigenvalue weighted by atomic mass is 16.5. The van der Waals surface area contributed by atoms with Crippen molar-refractivity contribution >= 4 is 0 Å². The largest absolute Gasteiger partial charge is 0.508 e. The van der Waals surface area contributed by atoms with E-state index in [2.05, 4.69) is 0 Å². The SMILES string of the molecule is CC(O)(c1ccc(O)cc1)c1cccc(OC2CC2)c1. The van der Waals surface area contributed by atoms with Crippen LogP contribution in [0.4, 0.5) is 0 Å². The third-order valence-electron chi connectivity index (χ3n) is 3.65.